The van der Waals surface area contributed by atoms with E-state index in [1.54, 1.807) is 18.2 Å². The van der Waals surface area contributed by atoms with E-state index in [-0.39, 0.29) is 12.5 Å². The van der Waals surface area contributed by atoms with Gasteiger partial charge in [-0.25, -0.2) is 8.42 Å². The number of ether oxygens (including phenoxy) is 2. The fourth-order valence-electron chi connectivity index (χ4n) is 3.13. The van der Waals surface area contributed by atoms with Crippen LogP contribution in [0.5, 0.6) is 11.5 Å². The van der Waals surface area contributed by atoms with Crippen molar-refractivity contribution < 1.29 is 22.7 Å². The van der Waals surface area contributed by atoms with Crippen LogP contribution in [0.2, 0.25) is 0 Å². The predicted molar refractivity (Wildman–Crippen MR) is 117 cm³/mol. The van der Waals surface area contributed by atoms with Crippen molar-refractivity contribution in [3.63, 3.8) is 0 Å². The van der Waals surface area contributed by atoms with E-state index in [9.17, 15) is 13.2 Å². The number of sulfonamides is 1. The van der Waals surface area contributed by atoms with Crippen molar-refractivity contribution in [2.75, 3.05) is 55.4 Å². The maximum Gasteiger partial charge on any atom is 0.240 e. The molecule has 1 aliphatic rings. The first-order valence-electron chi connectivity index (χ1n) is 9.75. The minimum atomic E-state index is -3.65. The van der Waals surface area contributed by atoms with E-state index < -0.39 is 10.0 Å². The molecule has 30 heavy (non-hydrogen) atoms. The van der Waals surface area contributed by atoms with Gasteiger partial charge in [0.15, 0.2) is 11.5 Å². The molecular formula is C21H27N3O5S. The van der Waals surface area contributed by atoms with E-state index in [1.165, 1.54) is 0 Å². The summed E-state index contributed by atoms with van der Waals surface area (Å²) in [5, 5.41) is 2.80. The van der Waals surface area contributed by atoms with Crippen LogP contribution in [0.1, 0.15) is 6.42 Å². The van der Waals surface area contributed by atoms with Crippen LogP contribution in [0.15, 0.2) is 48.5 Å². The van der Waals surface area contributed by atoms with Gasteiger partial charge in [-0.1, -0.05) is 18.2 Å². The van der Waals surface area contributed by atoms with E-state index in [1.807, 2.05) is 37.4 Å². The van der Waals surface area contributed by atoms with Crippen LogP contribution in [0.4, 0.5) is 11.4 Å². The lowest BCUT2D eigenvalue weighted by molar-refractivity contribution is -0.119. The molecule has 9 heteroatoms. The van der Waals surface area contributed by atoms with Gasteiger partial charge in [-0.3, -0.25) is 9.10 Å². The van der Waals surface area contributed by atoms with Crippen LogP contribution in [0.3, 0.4) is 0 Å². The Bertz CT molecular complexity index is 966. The van der Waals surface area contributed by atoms with E-state index in [2.05, 4.69) is 10.2 Å². The average molecular weight is 434 g/mol. The number of amides is 1. The highest BCUT2D eigenvalue weighted by atomic mass is 32.2. The van der Waals surface area contributed by atoms with Crippen molar-refractivity contribution in [1.82, 2.24) is 5.32 Å². The SMILES string of the molecule is CN(CCCNC(=O)CN(c1ccc2c(c1)OCCO2)S(C)(=O)=O)c1ccccc1. The van der Waals surface area contributed by atoms with Gasteiger partial charge in [-0.15, -0.1) is 0 Å². The number of para-hydroxylation sites is 1. The molecule has 0 saturated carbocycles. The van der Waals surface area contributed by atoms with Crippen LogP contribution in [0, 0.1) is 0 Å². The maximum absolute atomic E-state index is 12.4. The number of carbonyl (C=O) groups excluding carboxylic acids is 1. The van der Waals surface area contributed by atoms with Gasteiger partial charge in [-0.2, -0.15) is 0 Å². The third-order valence-corrected chi connectivity index (χ3v) is 5.83. The summed E-state index contributed by atoms with van der Waals surface area (Å²) in [6, 6.07) is 14.8. The Kier molecular flexibility index (Phi) is 7.04. The summed E-state index contributed by atoms with van der Waals surface area (Å²) in [5.41, 5.74) is 1.46. The molecule has 1 amide bonds. The number of hydrogen-bond acceptors (Lipinski definition) is 6. The first kappa shape index (κ1) is 21.8. The molecule has 162 valence electrons. The Hall–Kier alpha value is -2.94. The molecule has 1 heterocycles. The van der Waals surface area contributed by atoms with Crippen LogP contribution >= 0.6 is 0 Å². The number of nitrogens with zero attached hydrogens (tertiary/aromatic N) is 2. The largest absolute Gasteiger partial charge is 0.486 e. The van der Waals surface area contributed by atoms with Crippen molar-refractivity contribution in [3.05, 3.63) is 48.5 Å². The van der Waals surface area contributed by atoms with Crippen molar-refractivity contribution in [1.29, 1.82) is 0 Å². The molecule has 2 aromatic rings. The van der Waals surface area contributed by atoms with Crippen LogP contribution < -0.4 is 24.0 Å². The second-order valence-corrected chi connectivity index (χ2v) is 8.97. The number of anilines is 2. The number of rotatable bonds is 9. The quantitative estimate of drug-likeness (QED) is 0.608. The summed E-state index contributed by atoms with van der Waals surface area (Å²) in [6.07, 6.45) is 1.81. The smallest absolute Gasteiger partial charge is 0.240 e. The highest BCUT2D eigenvalue weighted by Crippen LogP contribution is 2.34. The Morgan fingerprint density at radius 3 is 2.43 bits per heavy atom. The molecule has 0 bridgehead atoms. The van der Waals surface area contributed by atoms with Crippen molar-refractivity contribution in [2.45, 2.75) is 6.42 Å². The number of hydrogen-bond donors (Lipinski definition) is 1. The van der Waals surface area contributed by atoms with E-state index >= 15 is 0 Å². The molecule has 0 unspecified atom stereocenters. The average Bonchev–Trinajstić information content (AvgIpc) is 2.74. The normalized spacial score (nSPS) is 12.9. The Morgan fingerprint density at radius 2 is 1.73 bits per heavy atom. The molecule has 0 fully saturated rings. The molecule has 3 rings (SSSR count). The van der Waals surface area contributed by atoms with Crippen LogP contribution in [0.25, 0.3) is 0 Å². The van der Waals surface area contributed by atoms with E-state index in [4.69, 9.17) is 9.47 Å². The fraction of sp³-hybridized carbons (Fsp3) is 0.381. The molecule has 2 aromatic carbocycles. The highest BCUT2D eigenvalue weighted by Gasteiger charge is 2.23. The topological polar surface area (TPSA) is 88.2 Å². The molecule has 0 atom stereocenters. The van der Waals surface area contributed by atoms with E-state index in [0.717, 1.165) is 29.2 Å². The van der Waals surface area contributed by atoms with Crippen molar-refractivity contribution >= 4 is 27.3 Å². The Labute approximate surface area is 177 Å². The van der Waals surface area contributed by atoms with E-state index in [0.29, 0.717) is 36.9 Å². The number of nitrogens with one attached hydrogen (secondary N) is 1. The third-order valence-electron chi connectivity index (χ3n) is 4.69. The van der Waals surface area contributed by atoms with Gasteiger partial charge in [0.05, 0.1) is 11.9 Å². The Balaban J connectivity index is 1.55. The lowest BCUT2D eigenvalue weighted by Crippen LogP contribution is -2.41. The molecule has 1 aliphatic heterocycles. The van der Waals surface area contributed by atoms with Crippen LogP contribution in [-0.4, -0.2) is 60.5 Å². The summed E-state index contributed by atoms with van der Waals surface area (Å²) in [4.78, 5) is 14.5. The van der Waals surface area contributed by atoms with Crippen molar-refractivity contribution in [2.24, 2.45) is 0 Å². The standard InChI is InChI=1S/C21H27N3O5S/c1-23(17-7-4-3-5-8-17)12-6-11-22-21(25)16-24(30(2,26)27)18-9-10-19-20(15-18)29-14-13-28-19/h3-5,7-10,15H,6,11-14,16H2,1-2H3,(H,22,25). The molecule has 0 radical (unpaired) electrons. The molecule has 0 aromatic heterocycles. The van der Waals surface area contributed by atoms with Crippen molar-refractivity contribution in [3.8, 4) is 11.5 Å². The van der Waals surface area contributed by atoms with Gasteiger partial charge in [0.1, 0.15) is 19.8 Å². The molecular weight excluding hydrogens is 406 g/mol. The summed E-state index contributed by atoms with van der Waals surface area (Å²) >= 11 is 0. The van der Waals surface area contributed by atoms with Gasteiger partial charge in [0, 0.05) is 31.9 Å². The summed E-state index contributed by atoms with van der Waals surface area (Å²) in [5.74, 6) is 0.667. The summed E-state index contributed by atoms with van der Waals surface area (Å²) < 4.78 is 36.6. The van der Waals surface area contributed by atoms with Gasteiger partial charge in [-0.05, 0) is 30.7 Å². The minimum absolute atomic E-state index is 0.299. The molecule has 8 nitrogen and oxygen atoms in total. The third kappa shape index (κ3) is 5.79. The zero-order valence-corrected chi connectivity index (χ0v) is 18.0. The fourth-order valence-corrected chi connectivity index (χ4v) is 3.98. The molecule has 0 aliphatic carbocycles. The monoisotopic (exact) mass is 433 g/mol. The molecule has 1 N–H and O–H groups in total. The Morgan fingerprint density at radius 1 is 1.03 bits per heavy atom. The maximum atomic E-state index is 12.4. The first-order valence-corrected chi connectivity index (χ1v) is 11.6. The van der Waals surface area contributed by atoms with Gasteiger partial charge in [0.2, 0.25) is 15.9 Å². The van der Waals surface area contributed by atoms with Gasteiger partial charge in [0.25, 0.3) is 0 Å². The number of fused-ring (bicyclic) bond motifs is 1. The van der Waals surface area contributed by atoms with Gasteiger partial charge < -0.3 is 19.7 Å². The lowest BCUT2D eigenvalue weighted by atomic mass is 10.2. The lowest BCUT2D eigenvalue weighted by Gasteiger charge is -2.25. The van der Waals surface area contributed by atoms with Gasteiger partial charge >= 0.3 is 0 Å². The number of benzene rings is 2. The second kappa shape index (κ2) is 9.71. The zero-order valence-electron chi connectivity index (χ0n) is 17.2. The minimum Gasteiger partial charge on any atom is -0.486 e. The second-order valence-electron chi connectivity index (χ2n) is 7.06. The number of carbonyl (C=O) groups is 1. The summed E-state index contributed by atoms with van der Waals surface area (Å²) in [6.45, 7) is 1.77. The summed E-state index contributed by atoms with van der Waals surface area (Å²) in [7, 11) is -1.66. The molecule has 0 spiro atoms. The zero-order chi connectivity index (χ0) is 21.6. The molecule has 0 saturated heterocycles. The predicted octanol–water partition coefficient (Wildman–Crippen LogP) is 1.87. The highest BCUT2D eigenvalue weighted by molar-refractivity contribution is 7.92. The van der Waals surface area contributed by atoms with Crippen LogP contribution in [-0.2, 0) is 14.8 Å². The first-order chi connectivity index (χ1) is 14.3.